The van der Waals surface area contributed by atoms with Gasteiger partial charge in [-0.2, -0.15) is 0 Å². The number of hydrogen-bond donors (Lipinski definition) is 1. The van der Waals surface area contributed by atoms with E-state index in [1.54, 1.807) is 25.2 Å². The molecule has 0 saturated heterocycles. The van der Waals surface area contributed by atoms with E-state index in [0.29, 0.717) is 5.69 Å². The average molecular weight is 263 g/mol. The molecule has 19 heavy (non-hydrogen) atoms. The predicted octanol–water partition coefficient (Wildman–Crippen LogP) is 3.83. The standard InChI is InChI=1S/C16H25NO2/c1-3-4-5-6-7-8-13-19-14-9-11-15(17-2)16(18)12-10-14/h9-12H,3-8,13H2,1-2H3,(H,17,18). The number of hydrogen-bond acceptors (Lipinski definition) is 3. The van der Waals surface area contributed by atoms with E-state index in [4.69, 9.17) is 4.74 Å². The highest BCUT2D eigenvalue weighted by Gasteiger charge is 1.96. The van der Waals surface area contributed by atoms with Crippen molar-refractivity contribution in [1.29, 1.82) is 0 Å². The van der Waals surface area contributed by atoms with E-state index in [2.05, 4.69) is 12.2 Å². The molecule has 0 amide bonds. The zero-order valence-corrected chi connectivity index (χ0v) is 12.1. The van der Waals surface area contributed by atoms with Crippen molar-refractivity contribution >= 4 is 5.69 Å². The van der Waals surface area contributed by atoms with Gasteiger partial charge in [0.05, 0.1) is 12.3 Å². The second-order valence-corrected chi connectivity index (χ2v) is 4.71. The molecule has 3 heteroatoms. The highest BCUT2D eigenvalue weighted by Crippen LogP contribution is 2.11. The monoisotopic (exact) mass is 263 g/mol. The summed E-state index contributed by atoms with van der Waals surface area (Å²) in [6.07, 6.45) is 7.51. The molecule has 0 heterocycles. The van der Waals surface area contributed by atoms with Crippen molar-refractivity contribution in [3.05, 3.63) is 34.5 Å². The van der Waals surface area contributed by atoms with E-state index in [0.717, 1.165) is 18.8 Å². The lowest BCUT2D eigenvalue weighted by Crippen LogP contribution is -2.02. The van der Waals surface area contributed by atoms with Gasteiger partial charge in [-0.25, -0.2) is 0 Å². The van der Waals surface area contributed by atoms with Crippen LogP contribution in [0.5, 0.6) is 5.75 Å². The lowest BCUT2D eigenvalue weighted by Gasteiger charge is -2.04. The van der Waals surface area contributed by atoms with Crippen LogP contribution in [0, 0.1) is 0 Å². The number of anilines is 1. The van der Waals surface area contributed by atoms with Gasteiger partial charge in [0.1, 0.15) is 5.75 Å². The van der Waals surface area contributed by atoms with Gasteiger partial charge < -0.3 is 10.1 Å². The quantitative estimate of drug-likeness (QED) is 0.688. The molecule has 0 atom stereocenters. The topological polar surface area (TPSA) is 38.3 Å². The van der Waals surface area contributed by atoms with Crippen molar-refractivity contribution in [3.63, 3.8) is 0 Å². The third-order valence-corrected chi connectivity index (χ3v) is 3.11. The molecule has 0 aliphatic carbocycles. The minimum Gasteiger partial charge on any atom is -0.494 e. The maximum absolute atomic E-state index is 11.6. The molecule has 0 radical (unpaired) electrons. The molecule has 0 fully saturated rings. The van der Waals surface area contributed by atoms with Gasteiger partial charge in [0, 0.05) is 7.05 Å². The summed E-state index contributed by atoms with van der Waals surface area (Å²) in [6.45, 7) is 2.95. The minimum atomic E-state index is -0.0167. The molecular weight excluding hydrogens is 238 g/mol. The molecule has 1 aromatic rings. The Kier molecular flexibility index (Phi) is 7.71. The second-order valence-electron chi connectivity index (χ2n) is 4.71. The van der Waals surface area contributed by atoms with Crippen LogP contribution >= 0.6 is 0 Å². The lowest BCUT2D eigenvalue weighted by molar-refractivity contribution is 0.304. The Morgan fingerprint density at radius 2 is 1.68 bits per heavy atom. The molecule has 0 spiro atoms. The molecule has 3 nitrogen and oxygen atoms in total. The third kappa shape index (κ3) is 6.27. The van der Waals surface area contributed by atoms with Crippen molar-refractivity contribution in [1.82, 2.24) is 0 Å². The maximum Gasteiger partial charge on any atom is 0.201 e. The normalized spacial score (nSPS) is 10.2. The second kappa shape index (κ2) is 9.42. The van der Waals surface area contributed by atoms with Crippen molar-refractivity contribution < 1.29 is 4.74 Å². The van der Waals surface area contributed by atoms with Crippen LogP contribution in [0.25, 0.3) is 0 Å². The van der Waals surface area contributed by atoms with Gasteiger partial charge >= 0.3 is 0 Å². The fraction of sp³-hybridized carbons (Fsp3) is 0.562. The summed E-state index contributed by atoms with van der Waals surface area (Å²) in [4.78, 5) is 11.6. The molecule has 0 bridgehead atoms. The highest BCUT2D eigenvalue weighted by atomic mass is 16.5. The van der Waals surface area contributed by atoms with Crippen LogP contribution < -0.4 is 15.5 Å². The van der Waals surface area contributed by atoms with E-state index in [9.17, 15) is 4.79 Å². The predicted molar refractivity (Wildman–Crippen MR) is 81.1 cm³/mol. The summed E-state index contributed by atoms with van der Waals surface area (Å²) < 4.78 is 5.66. The van der Waals surface area contributed by atoms with Gasteiger partial charge in [0.25, 0.3) is 0 Å². The number of nitrogens with one attached hydrogen (secondary N) is 1. The Hall–Kier alpha value is -1.51. The summed E-state index contributed by atoms with van der Waals surface area (Å²) in [5, 5.41) is 2.87. The molecule has 0 aliphatic rings. The fourth-order valence-electron chi connectivity index (χ4n) is 1.93. The molecule has 1 N–H and O–H groups in total. The number of rotatable bonds is 9. The van der Waals surface area contributed by atoms with Gasteiger partial charge in [0.2, 0.25) is 5.43 Å². The summed E-state index contributed by atoms with van der Waals surface area (Å²) in [7, 11) is 1.74. The minimum absolute atomic E-state index is 0.0167. The van der Waals surface area contributed by atoms with Crippen molar-refractivity contribution in [2.24, 2.45) is 0 Å². The maximum atomic E-state index is 11.6. The van der Waals surface area contributed by atoms with Crippen LogP contribution in [0.1, 0.15) is 45.4 Å². The zero-order valence-electron chi connectivity index (χ0n) is 12.1. The van der Waals surface area contributed by atoms with Crippen LogP contribution in [0.15, 0.2) is 29.1 Å². The Bertz CT molecular complexity index is 418. The van der Waals surface area contributed by atoms with E-state index in [1.165, 1.54) is 32.1 Å². The molecule has 0 aromatic heterocycles. The van der Waals surface area contributed by atoms with Gasteiger partial charge in [-0.1, -0.05) is 39.0 Å². The Morgan fingerprint density at radius 3 is 2.42 bits per heavy atom. The van der Waals surface area contributed by atoms with Crippen LogP contribution in [0.3, 0.4) is 0 Å². The van der Waals surface area contributed by atoms with E-state index in [-0.39, 0.29) is 5.43 Å². The van der Waals surface area contributed by atoms with Crippen molar-refractivity contribution in [3.8, 4) is 5.75 Å². The Labute approximate surface area is 116 Å². The first-order chi connectivity index (χ1) is 9.27. The molecule has 1 rings (SSSR count). The van der Waals surface area contributed by atoms with Crippen LogP contribution in [0.4, 0.5) is 5.69 Å². The van der Waals surface area contributed by atoms with Gasteiger partial charge in [-0.3, -0.25) is 4.79 Å². The first-order valence-electron chi connectivity index (χ1n) is 7.23. The van der Waals surface area contributed by atoms with Crippen LogP contribution in [0.2, 0.25) is 0 Å². The zero-order chi connectivity index (χ0) is 13.9. The number of ether oxygens (including phenoxy) is 1. The van der Waals surface area contributed by atoms with Crippen molar-refractivity contribution in [2.75, 3.05) is 19.0 Å². The first-order valence-corrected chi connectivity index (χ1v) is 7.23. The summed E-state index contributed by atoms with van der Waals surface area (Å²) in [6, 6.07) is 6.88. The third-order valence-electron chi connectivity index (χ3n) is 3.11. The molecule has 0 aliphatic heterocycles. The van der Waals surface area contributed by atoms with Crippen LogP contribution in [-0.2, 0) is 0 Å². The van der Waals surface area contributed by atoms with Gasteiger partial charge in [-0.05, 0) is 30.7 Å². The highest BCUT2D eigenvalue weighted by molar-refractivity contribution is 5.43. The Balaban J connectivity index is 2.30. The van der Waals surface area contributed by atoms with E-state index >= 15 is 0 Å². The van der Waals surface area contributed by atoms with Gasteiger partial charge in [-0.15, -0.1) is 0 Å². The fourth-order valence-corrected chi connectivity index (χ4v) is 1.93. The summed E-state index contributed by atoms with van der Waals surface area (Å²) in [5.41, 5.74) is 0.575. The molecule has 0 unspecified atom stereocenters. The van der Waals surface area contributed by atoms with E-state index in [1.807, 2.05) is 6.07 Å². The molecular formula is C16H25NO2. The first kappa shape index (κ1) is 15.5. The van der Waals surface area contributed by atoms with Gasteiger partial charge in [0.15, 0.2) is 0 Å². The summed E-state index contributed by atoms with van der Waals surface area (Å²) >= 11 is 0. The van der Waals surface area contributed by atoms with Crippen LogP contribution in [-0.4, -0.2) is 13.7 Å². The average Bonchev–Trinajstić information content (AvgIpc) is 2.60. The molecule has 106 valence electrons. The number of unbranched alkanes of at least 4 members (excludes halogenated alkanes) is 5. The molecule has 0 saturated carbocycles. The Morgan fingerprint density at radius 1 is 1.00 bits per heavy atom. The lowest BCUT2D eigenvalue weighted by atomic mass is 10.1. The SMILES string of the molecule is CCCCCCCCOc1ccc(NC)c(=O)cc1. The summed E-state index contributed by atoms with van der Waals surface area (Å²) in [5.74, 6) is 0.757. The molecule has 1 aromatic carbocycles. The van der Waals surface area contributed by atoms with E-state index < -0.39 is 0 Å². The smallest absolute Gasteiger partial charge is 0.201 e. The van der Waals surface area contributed by atoms with Crippen molar-refractivity contribution in [2.45, 2.75) is 45.4 Å². The largest absolute Gasteiger partial charge is 0.494 e.